The molecule has 1 aromatic carbocycles. The van der Waals surface area contributed by atoms with Crippen molar-refractivity contribution in [3.8, 4) is 11.6 Å². The van der Waals surface area contributed by atoms with Gasteiger partial charge in [0.25, 0.3) is 0 Å². The van der Waals surface area contributed by atoms with Crippen molar-refractivity contribution < 1.29 is 4.74 Å². The second-order valence-electron chi connectivity index (χ2n) is 7.77. The third-order valence-corrected chi connectivity index (χ3v) is 6.06. The van der Waals surface area contributed by atoms with Crippen LogP contribution in [0.15, 0.2) is 42.9 Å². The molecule has 0 radical (unpaired) electrons. The zero-order valence-corrected chi connectivity index (χ0v) is 20.5. The zero-order chi connectivity index (χ0) is 22.9. The van der Waals surface area contributed by atoms with Crippen LogP contribution < -0.4 is 10.1 Å². The third kappa shape index (κ3) is 7.22. The molecule has 8 heteroatoms. The van der Waals surface area contributed by atoms with Gasteiger partial charge >= 0.3 is 0 Å². The van der Waals surface area contributed by atoms with Gasteiger partial charge in [0.2, 0.25) is 5.88 Å². The topological polar surface area (TPSA) is 59.9 Å². The number of hydrogen-bond acceptors (Lipinski definition) is 5. The Hall–Kier alpha value is -2.08. The highest BCUT2D eigenvalue weighted by Crippen LogP contribution is 2.31. The van der Waals surface area contributed by atoms with Gasteiger partial charge in [-0.1, -0.05) is 67.6 Å². The first kappa shape index (κ1) is 24.6. The smallest absolute Gasteiger partial charge is 0.219 e. The van der Waals surface area contributed by atoms with E-state index in [4.69, 9.17) is 39.5 Å². The van der Waals surface area contributed by atoms with Gasteiger partial charge in [-0.15, -0.1) is 0 Å². The summed E-state index contributed by atoms with van der Waals surface area (Å²) in [5.74, 6) is 2.31. The predicted octanol–water partition coefficient (Wildman–Crippen LogP) is 7.65. The highest BCUT2D eigenvalue weighted by Gasteiger charge is 2.11. The summed E-state index contributed by atoms with van der Waals surface area (Å²) in [7, 11) is 0. The van der Waals surface area contributed by atoms with Crippen LogP contribution in [0.4, 0.5) is 5.82 Å². The largest absolute Gasteiger partial charge is 0.437 e. The van der Waals surface area contributed by atoms with E-state index in [2.05, 4.69) is 34.1 Å². The van der Waals surface area contributed by atoms with Crippen molar-refractivity contribution in [1.82, 2.24) is 15.0 Å². The van der Waals surface area contributed by atoms with Gasteiger partial charge in [0.15, 0.2) is 0 Å². The van der Waals surface area contributed by atoms with Crippen molar-refractivity contribution >= 4 is 40.6 Å². The molecule has 170 valence electrons. The van der Waals surface area contributed by atoms with E-state index < -0.39 is 0 Å². The van der Waals surface area contributed by atoms with Crippen LogP contribution in [0.5, 0.6) is 11.6 Å². The number of anilines is 1. The number of nitrogens with zero attached hydrogens (tertiary/aromatic N) is 3. The lowest BCUT2D eigenvalue weighted by atomic mass is 9.99. The molecule has 2 aromatic heterocycles. The molecular formula is C24H27Cl3N4O. The molecule has 0 fully saturated rings. The summed E-state index contributed by atoms with van der Waals surface area (Å²) in [6.07, 6.45) is 8.47. The Labute approximate surface area is 204 Å². The molecule has 1 atom stereocenters. The van der Waals surface area contributed by atoms with Gasteiger partial charge in [-0.2, -0.15) is 0 Å². The molecule has 0 aliphatic rings. The maximum Gasteiger partial charge on any atom is 0.219 e. The fourth-order valence-electron chi connectivity index (χ4n) is 3.34. The molecule has 3 rings (SSSR count). The van der Waals surface area contributed by atoms with Crippen LogP contribution >= 0.6 is 34.8 Å². The Morgan fingerprint density at radius 2 is 1.84 bits per heavy atom. The van der Waals surface area contributed by atoms with Crippen LogP contribution in [0.2, 0.25) is 15.1 Å². The van der Waals surface area contributed by atoms with Crippen LogP contribution in [0.25, 0.3) is 0 Å². The molecule has 0 aliphatic heterocycles. The first-order chi connectivity index (χ1) is 15.5. The summed E-state index contributed by atoms with van der Waals surface area (Å²) in [6.45, 7) is 5.15. The van der Waals surface area contributed by atoms with E-state index in [1.807, 2.05) is 12.1 Å². The van der Waals surface area contributed by atoms with Crippen molar-refractivity contribution in [2.75, 3.05) is 11.9 Å². The quantitative estimate of drug-likeness (QED) is 0.297. The van der Waals surface area contributed by atoms with Gasteiger partial charge < -0.3 is 10.1 Å². The van der Waals surface area contributed by atoms with Crippen molar-refractivity contribution in [1.29, 1.82) is 0 Å². The highest BCUT2D eigenvalue weighted by atomic mass is 35.5. The Kier molecular flexibility index (Phi) is 9.39. The summed E-state index contributed by atoms with van der Waals surface area (Å²) in [5, 5.41) is 4.91. The van der Waals surface area contributed by atoms with E-state index in [9.17, 15) is 0 Å². The van der Waals surface area contributed by atoms with Crippen LogP contribution in [0, 0.1) is 5.92 Å². The highest BCUT2D eigenvalue weighted by molar-refractivity contribution is 6.35. The average Bonchev–Trinajstić information content (AvgIpc) is 2.77. The van der Waals surface area contributed by atoms with Gasteiger partial charge in [0.05, 0.1) is 10.7 Å². The fraction of sp³-hybridized carbons (Fsp3) is 0.375. The van der Waals surface area contributed by atoms with Crippen LogP contribution in [0.3, 0.4) is 0 Å². The number of benzene rings is 1. The Bertz CT molecular complexity index is 1010. The van der Waals surface area contributed by atoms with Gasteiger partial charge in [0, 0.05) is 23.8 Å². The first-order valence-corrected chi connectivity index (χ1v) is 11.9. The van der Waals surface area contributed by atoms with E-state index in [1.54, 1.807) is 30.7 Å². The molecule has 32 heavy (non-hydrogen) atoms. The average molecular weight is 494 g/mol. The van der Waals surface area contributed by atoms with Crippen molar-refractivity contribution in [3.05, 3.63) is 69.2 Å². The monoisotopic (exact) mass is 492 g/mol. The minimum absolute atomic E-state index is 0.438. The summed E-state index contributed by atoms with van der Waals surface area (Å²) < 4.78 is 5.73. The number of aromatic nitrogens is 3. The van der Waals surface area contributed by atoms with Gasteiger partial charge in [0.1, 0.15) is 22.9 Å². The predicted molar refractivity (Wildman–Crippen MR) is 132 cm³/mol. The van der Waals surface area contributed by atoms with Crippen molar-refractivity contribution in [2.24, 2.45) is 5.92 Å². The maximum atomic E-state index is 6.54. The summed E-state index contributed by atoms with van der Waals surface area (Å²) >= 11 is 18.6. The second-order valence-corrected chi connectivity index (χ2v) is 9.00. The second kappa shape index (κ2) is 12.2. The number of nitrogens with one attached hydrogen (secondary N) is 1. The van der Waals surface area contributed by atoms with E-state index in [-0.39, 0.29) is 0 Å². The normalized spacial score (nSPS) is 11.9. The summed E-state index contributed by atoms with van der Waals surface area (Å²) in [5.41, 5.74) is 1.96. The number of halogens is 3. The Balaban J connectivity index is 1.51. The minimum Gasteiger partial charge on any atom is -0.437 e. The zero-order valence-electron chi connectivity index (χ0n) is 18.2. The number of hydrogen-bond donors (Lipinski definition) is 1. The Morgan fingerprint density at radius 1 is 1.00 bits per heavy atom. The molecule has 0 saturated heterocycles. The SMILES string of the molecule is CCCC(C)CCc1ncnc(NCCc2ccc(Oc3ccc(Cl)cc3Cl)nc2)c1Cl. The maximum absolute atomic E-state index is 6.54. The molecule has 0 spiro atoms. The number of rotatable bonds is 11. The molecular weight excluding hydrogens is 467 g/mol. The molecule has 5 nitrogen and oxygen atoms in total. The molecule has 0 saturated carbocycles. The van der Waals surface area contributed by atoms with E-state index >= 15 is 0 Å². The molecule has 1 unspecified atom stereocenters. The lowest BCUT2D eigenvalue weighted by Crippen LogP contribution is -2.09. The van der Waals surface area contributed by atoms with Gasteiger partial charge in [-0.25, -0.2) is 15.0 Å². The molecule has 2 heterocycles. The van der Waals surface area contributed by atoms with E-state index in [1.165, 1.54) is 12.8 Å². The van der Waals surface area contributed by atoms with Crippen LogP contribution in [-0.4, -0.2) is 21.5 Å². The molecule has 3 aromatic rings. The minimum atomic E-state index is 0.438. The van der Waals surface area contributed by atoms with Crippen molar-refractivity contribution in [2.45, 2.75) is 46.0 Å². The fourth-order valence-corrected chi connectivity index (χ4v) is 4.05. The third-order valence-electron chi connectivity index (χ3n) is 5.13. The molecule has 0 amide bonds. The lowest BCUT2D eigenvalue weighted by molar-refractivity contribution is 0.463. The molecule has 1 N–H and O–H groups in total. The summed E-state index contributed by atoms with van der Waals surface area (Å²) in [6, 6.07) is 8.85. The number of aryl methyl sites for hydroxylation is 1. The van der Waals surface area contributed by atoms with Gasteiger partial charge in [-0.3, -0.25) is 0 Å². The van der Waals surface area contributed by atoms with Crippen LogP contribution in [-0.2, 0) is 12.8 Å². The van der Waals surface area contributed by atoms with Crippen molar-refractivity contribution in [3.63, 3.8) is 0 Å². The number of pyridine rings is 1. The first-order valence-electron chi connectivity index (χ1n) is 10.8. The lowest BCUT2D eigenvalue weighted by Gasteiger charge is -2.12. The summed E-state index contributed by atoms with van der Waals surface area (Å²) in [4.78, 5) is 13.0. The Morgan fingerprint density at radius 3 is 2.56 bits per heavy atom. The number of ether oxygens (including phenoxy) is 1. The van der Waals surface area contributed by atoms with E-state index in [0.29, 0.717) is 45.0 Å². The standard InChI is InChI=1S/C24H27Cl3N4O/c1-3-4-16(2)5-8-20-23(27)24(31-15-30-20)28-12-11-17-6-10-22(29-14-17)32-21-9-7-18(25)13-19(21)26/h6-7,9-10,13-16H,3-5,8,11-12H2,1-2H3,(H,28,30,31). The molecule has 0 aliphatic carbocycles. The van der Waals surface area contributed by atoms with Gasteiger partial charge in [-0.05, 0) is 48.9 Å². The van der Waals surface area contributed by atoms with E-state index in [0.717, 1.165) is 30.5 Å². The van der Waals surface area contributed by atoms with Crippen LogP contribution in [0.1, 0.15) is 44.4 Å². The molecule has 0 bridgehead atoms.